The van der Waals surface area contributed by atoms with Crippen molar-refractivity contribution in [3.63, 3.8) is 0 Å². The van der Waals surface area contributed by atoms with Gasteiger partial charge < -0.3 is 9.64 Å². The Morgan fingerprint density at radius 3 is 2.43 bits per heavy atom. The molecule has 0 unspecified atom stereocenters. The number of esters is 1. The fraction of sp³-hybridized carbons (Fsp3) is 0.300. The van der Waals surface area contributed by atoms with Crippen molar-refractivity contribution < 1.29 is 22.7 Å². The van der Waals surface area contributed by atoms with Crippen molar-refractivity contribution in [3.05, 3.63) is 60.2 Å². The molecular weight excluding hydrogens is 398 g/mol. The molecule has 148 valence electrons. The number of hydrogen-bond donors (Lipinski definition) is 0. The Morgan fingerprint density at radius 1 is 1.11 bits per heavy atom. The lowest BCUT2D eigenvalue weighted by Gasteiger charge is -2.28. The van der Waals surface area contributed by atoms with Crippen LogP contribution in [0, 0.1) is 0 Å². The van der Waals surface area contributed by atoms with Crippen LogP contribution in [0.3, 0.4) is 0 Å². The number of amides is 1. The van der Waals surface area contributed by atoms with Crippen LogP contribution >= 0.6 is 11.8 Å². The molecule has 2 aromatic carbocycles. The van der Waals surface area contributed by atoms with E-state index in [1.54, 1.807) is 36.4 Å². The molecular formula is C20H21NO5S2. The average Bonchev–Trinajstić information content (AvgIpc) is 3.06. The first kappa shape index (κ1) is 20.4. The van der Waals surface area contributed by atoms with E-state index in [0.717, 1.165) is 4.90 Å². The summed E-state index contributed by atoms with van der Waals surface area (Å²) in [5.74, 6) is -1.06. The highest BCUT2D eigenvalue weighted by Crippen LogP contribution is 2.25. The van der Waals surface area contributed by atoms with Gasteiger partial charge >= 0.3 is 5.97 Å². The molecule has 3 rings (SSSR count). The third kappa shape index (κ3) is 4.74. The van der Waals surface area contributed by atoms with Gasteiger partial charge in [0.1, 0.15) is 0 Å². The molecule has 1 amide bonds. The lowest BCUT2D eigenvalue weighted by Crippen LogP contribution is -2.43. The van der Waals surface area contributed by atoms with Crippen LogP contribution < -0.4 is 4.90 Å². The zero-order chi connectivity index (χ0) is 20.1. The predicted octanol–water partition coefficient (Wildman–Crippen LogP) is 2.79. The van der Waals surface area contributed by atoms with Gasteiger partial charge in [0, 0.05) is 10.6 Å². The van der Waals surface area contributed by atoms with Gasteiger partial charge in [-0.2, -0.15) is 0 Å². The van der Waals surface area contributed by atoms with Gasteiger partial charge in [-0.15, -0.1) is 11.8 Å². The fourth-order valence-corrected chi connectivity index (χ4v) is 5.50. The number of sulfone groups is 1. The van der Waals surface area contributed by atoms with Gasteiger partial charge in [-0.25, -0.2) is 13.2 Å². The topological polar surface area (TPSA) is 80.8 Å². The Labute approximate surface area is 168 Å². The average molecular weight is 420 g/mol. The number of anilines is 1. The zero-order valence-corrected chi connectivity index (χ0v) is 17.0. The lowest BCUT2D eigenvalue weighted by molar-refractivity contribution is -0.122. The molecule has 0 saturated carbocycles. The molecule has 0 N–H and O–H groups in total. The summed E-state index contributed by atoms with van der Waals surface area (Å²) in [6.07, 6.45) is 2.22. The zero-order valence-electron chi connectivity index (χ0n) is 15.4. The Bertz CT molecular complexity index is 960. The molecule has 0 aliphatic carbocycles. The maximum atomic E-state index is 12.9. The number of thioether (sulfide) groups is 1. The molecule has 6 nitrogen and oxygen atoms in total. The van der Waals surface area contributed by atoms with E-state index < -0.39 is 34.4 Å². The Kier molecular flexibility index (Phi) is 6.41. The molecule has 8 heteroatoms. The highest BCUT2D eigenvalue weighted by atomic mass is 32.2. The number of nitrogens with zero attached hydrogens (tertiary/aromatic N) is 1. The van der Waals surface area contributed by atoms with Crippen molar-refractivity contribution in [2.45, 2.75) is 17.4 Å². The summed E-state index contributed by atoms with van der Waals surface area (Å²) in [4.78, 5) is 27.5. The van der Waals surface area contributed by atoms with Crippen LogP contribution in [0.4, 0.5) is 5.69 Å². The highest BCUT2D eigenvalue weighted by Gasteiger charge is 2.35. The van der Waals surface area contributed by atoms with Crippen molar-refractivity contribution in [1.29, 1.82) is 0 Å². The molecule has 2 aromatic rings. The first-order valence-electron chi connectivity index (χ1n) is 8.79. The summed E-state index contributed by atoms with van der Waals surface area (Å²) in [6.45, 7) is -0.451. The van der Waals surface area contributed by atoms with Crippen molar-refractivity contribution in [2.24, 2.45) is 0 Å². The van der Waals surface area contributed by atoms with E-state index in [1.807, 2.05) is 24.5 Å². The molecule has 1 aliphatic rings. The summed E-state index contributed by atoms with van der Waals surface area (Å²) >= 11 is 1.42. The van der Waals surface area contributed by atoms with Gasteiger partial charge in [0.25, 0.3) is 5.91 Å². The summed E-state index contributed by atoms with van der Waals surface area (Å²) in [5.41, 5.74) is 0.993. The van der Waals surface area contributed by atoms with Crippen LogP contribution in [0.1, 0.15) is 16.8 Å². The van der Waals surface area contributed by atoms with E-state index in [2.05, 4.69) is 0 Å². The minimum atomic E-state index is -3.17. The maximum Gasteiger partial charge on any atom is 0.339 e. The molecule has 28 heavy (non-hydrogen) atoms. The number of carbonyl (C=O) groups excluding carboxylic acids is 2. The smallest absolute Gasteiger partial charge is 0.339 e. The van der Waals surface area contributed by atoms with Crippen molar-refractivity contribution in [2.75, 3.05) is 29.3 Å². The van der Waals surface area contributed by atoms with Gasteiger partial charge in [0.15, 0.2) is 16.4 Å². The maximum absolute atomic E-state index is 12.9. The van der Waals surface area contributed by atoms with Crippen LogP contribution in [-0.2, 0) is 19.4 Å². The van der Waals surface area contributed by atoms with E-state index in [1.165, 1.54) is 16.7 Å². The van der Waals surface area contributed by atoms with E-state index in [4.69, 9.17) is 4.74 Å². The standard InChI is InChI=1S/C20H21NO5S2/c1-27-18-10-6-5-9-17(18)20(23)26-13-19(22)21(15-7-3-2-4-8-15)16-11-12-28(24,25)14-16/h2-10,16H,11-14H2,1H3/t16-/m0/s1. The van der Waals surface area contributed by atoms with E-state index in [9.17, 15) is 18.0 Å². The molecule has 1 fully saturated rings. The highest BCUT2D eigenvalue weighted by molar-refractivity contribution is 7.98. The SMILES string of the molecule is CSc1ccccc1C(=O)OCC(=O)N(c1ccccc1)[C@H]1CCS(=O)(=O)C1. The van der Waals surface area contributed by atoms with E-state index in [0.29, 0.717) is 17.7 Å². The molecule has 1 heterocycles. The third-order valence-electron chi connectivity index (χ3n) is 4.53. The molecule has 0 spiro atoms. The first-order chi connectivity index (χ1) is 13.4. The molecule has 1 atom stereocenters. The normalized spacial score (nSPS) is 17.8. The number of ether oxygens (including phenoxy) is 1. The van der Waals surface area contributed by atoms with Crippen LogP contribution in [0.25, 0.3) is 0 Å². The Hall–Kier alpha value is -2.32. The van der Waals surface area contributed by atoms with Gasteiger partial charge in [-0.1, -0.05) is 30.3 Å². The number of carbonyl (C=O) groups is 2. The van der Waals surface area contributed by atoms with Crippen molar-refractivity contribution in [1.82, 2.24) is 0 Å². The van der Waals surface area contributed by atoms with Gasteiger partial charge in [-0.3, -0.25) is 4.79 Å². The summed E-state index contributed by atoms with van der Waals surface area (Å²) in [5, 5.41) is 0. The monoisotopic (exact) mass is 419 g/mol. The Balaban J connectivity index is 1.76. The van der Waals surface area contributed by atoms with Crippen LogP contribution in [-0.4, -0.2) is 50.7 Å². The molecule has 1 saturated heterocycles. The molecule has 0 bridgehead atoms. The van der Waals surface area contributed by atoms with Gasteiger partial charge in [0.2, 0.25) is 0 Å². The van der Waals surface area contributed by atoms with Crippen LogP contribution in [0.2, 0.25) is 0 Å². The summed E-state index contributed by atoms with van der Waals surface area (Å²) in [7, 11) is -3.17. The third-order valence-corrected chi connectivity index (χ3v) is 7.08. The van der Waals surface area contributed by atoms with E-state index >= 15 is 0 Å². The molecule has 0 radical (unpaired) electrons. The minimum Gasteiger partial charge on any atom is -0.452 e. The Morgan fingerprint density at radius 2 is 1.79 bits per heavy atom. The predicted molar refractivity (Wildman–Crippen MR) is 109 cm³/mol. The van der Waals surface area contributed by atoms with Crippen molar-refractivity contribution >= 4 is 39.2 Å². The van der Waals surface area contributed by atoms with E-state index in [-0.39, 0.29) is 11.5 Å². The number of benzene rings is 2. The second-order valence-corrected chi connectivity index (χ2v) is 9.51. The van der Waals surface area contributed by atoms with Gasteiger partial charge in [0.05, 0.1) is 23.1 Å². The number of para-hydroxylation sites is 1. The summed E-state index contributed by atoms with van der Waals surface area (Å²) in [6, 6.07) is 15.4. The quantitative estimate of drug-likeness (QED) is 0.529. The molecule has 0 aromatic heterocycles. The second kappa shape index (κ2) is 8.79. The summed E-state index contributed by atoms with van der Waals surface area (Å²) < 4.78 is 29.0. The number of rotatable bonds is 6. The van der Waals surface area contributed by atoms with Crippen molar-refractivity contribution in [3.8, 4) is 0 Å². The fourth-order valence-electron chi connectivity index (χ4n) is 3.21. The number of hydrogen-bond acceptors (Lipinski definition) is 6. The van der Waals surface area contributed by atoms with Gasteiger partial charge in [-0.05, 0) is 36.9 Å². The minimum absolute atomic E-state index is 0.0508. The first-order valence-corrected chi connectivity index (χ1v) is 11.8. The van der Waals surface area contributed by atoms with Crippen LogP contribution in [0.5, 0.6) is 0 Å². The molecule has 1 aliphatic heterocycles. The second-order valence-electron chi connectivity index (χ2n) is 6.43. The van der Waals surface area contributed by atoms with Crippen LogP contribution in [0.15, 0.2) is 59.5 Å². The largest absolute Gasteiger partial charge is 0.452 e. The lowest BCUT2D eigenvalue weighted by atomic mass is 10.2.